The van der Waals surface area contributed by atoms with Gasteiger partial charge in [0.25, 0.3) is 0 Å². The minimum atomic E-state index is 0.606. The number of nitrogens with zero attached hydrogens (tertiary/aromatic N) is 3. The van der Waals surface area contributed by atoms with E-state index in [-0.39, 0.29) is 0 Å². The van der Waals surface area contributed by atoms with Gasteiger partial charge in [-0.05, 0) is 61.7 Å². The Morgan fingerprint density at radius 3 is 2.68 bits per heavy atom. The molecule has 6 nitrogen and oxygen atoms in total. The number of rotatable bonds is 5. The summed E-state index contributed by atoms with van der Waals surface area (Å²) in [5.41, 5.74) is 2.33. The number of nitrogens with one attached hydrogen (secondary N) is 1. The highest BCUT2D eigenvalue weighted by Crippen LogP contribution is 2.28. The summed E-state index contributed by atoms with van der Waals surface area (Å²) in [7, 11) is 1.66. The molecule has 4 rings (SSSR count). The van der Waals surface area contributed by atoms with Gasteiger partial charge in [0.1, 0.15) is 5.75 Å². The van der Waals surface area contributed by atoms with Crippen molar-refractivity contribution in [3.63, 3.8) is 0 Å². The van der Waals surface area contributed by atoms with Crippen LogP contribution in [0, 0.1) is 0 Å². The van der Waals surface area contributed by atoms with E-state index in [0.29, 0.717) is 5.92 Å². The number of aromatic nitrogens is 3. The zero-order chi connectivity index (χ0) is 17.1. The number of hydrogen-bond acceptors (Lipinski definition) is 5. The average molecular weight is 338 g/mol. The summed E-state index contributed by atoms with van der Waals surface area (Å²) in [5.74, 6) is 3.01. The molecule has 1 saturated heterocycles. The summed E-state index contributed by atoms with van der Waals surface area (Å²) in [6, 6.07) is 7.83. The number of likely N-dealkylation sites (tertiary alicyclic amines) is 1. The number of benzene rings is 1. The Bertz CT molecular complexity index is 787. The topological polar surface area (TPSA) is 67.2 Å². The molecule has 0 spiro atoms. The van der Waals surface area contributed by atoms with Crippen LogP contribution in [0.2, 0.25) is 0 Å². The molecular formula is C19H22N4O2. The van der Waals surface area contributed by atoms with Crippen LogP contribution in [0.1, 0.15) is 30.2 Å². The third-order valence-corrected chi connectivity index (χ3v) is 4.87. The number of aromatic amines is 1. The van der Waals surface area contributed by atoms with Crippen LogP contribution in [0.15, 0.2) is 47.3 Å². The van der Waals surface area contributed by atoms with E-state index in [4.69, 9.17) is 9.15 Å². The van der Waals surface area contributed by atoms with Gasteiger partial charge in [-0.2, -0.15) is 5.10 Å². The third kappa shape index (κ3) is 3.58. The van der Waals surface area contributed by atoms with E-state index in [2.05, 4.69) is 20.1 Å². The van der Waals surface area contributed by atoms with Crippen molar-refractivity contribution in [2.45, 2.75) is 25.3 Å². The summed E-state index contributed by atoms with van der Waals surface area (Å²) in [6.45, 7) is 2.86. The molecule has 1 fully saturated rings. The Balaban J connectivity index is 1.35. The van der Waals surface area contributed by atoms with E-state index >= 15 is 0 Å². The molecule has 130 valence electrons. The van der Waals surface area contributed by atoms with Gasteiger partial charge in [-0.3, -0.25) is 10.00 Å². The van der Waals surface area contributed by atoms with E-state index < -0.39 is 0 Å². The average Bonchev–Trinajstić information content (AvgIpc) is 3.35. The van der Waals surface area contributed by atoms with Gasteiger partial charge in [0.15, 0.2) is 5.76 Å². The van der Waals surface area contributed by atoms with Gasteiger partial charge in [-0.25, -0.2) is 4.98 Å². The quantitative estimate of drug-likeness (QED) is 0.772. The number of H-pyrrole nitrogens is 1. The lowest BCUT2D eigenvalue weighted by Gasteiger charge is -2.30. The van der Waals surface area contributed by atoms with Crippen LogP contribution in [0.3, 0.4) is 0 Å². The van der Waals surface area contributed by atoms with Gasteiger partial charge in [-0.15, -0.1) is 0 Å². The van der Waals surface area contributed by atoms with Gasteiger partial charge < -0.3 is 9.15 Å². The van der Waals surface area contributed by atoms with Gasteiger partial charge in [0, 0.05) is 11.8 Å². The lowest BCUT2D eigenvalue weighted by molar-refractivity contribution is 0.188. The number of oxazole rings is 1. The van der Waals surface area contributed by atoms with E-state index in [1.165, 1.54) is 5.56 Å². The molecule has 0 saturated carbocycles. The van der Waals surface area contributed by atoms with Crippen LogP contribution in [-0.4, -0.2) is 40.3 Å². The van der Waals surface area contributed by atoms with Crippen LogP contribution in [0.5, 0.6) is 5.75 Å². The molecule has 0 amide bonds. The predicted molar refractivity (Wildman–Crippen MR) is 94.3 cm³/mol. The van der Waals surface area contributed by atoms with Crippen molar-refractivity contribution in [3.05, 3.63) is 54.3 Å². The second-order valence-electron chi connectivity index (χ2n) is 6.43. The van der Waals surface area contributed by atoms with Crippen LogP contribution in [0.25, 0.3) is 11.3 Å². The molecule has 1 N–H and O–H groups in total. The molecule has 0 radical (unpaired) electrons. The van der Waals surface area contributed by atoms with Crippen molar-refractivity contribution in [3.8, 4) is 17.1 Å². The fraction of sp³-hybridized carbons (Fsp3) is 0.368. The van der Waals surface area contributed by atoms with Crippen molar-refractivity contribution >= 4 is 0 Å². The lowest BCUT2D eigenvalue weighted by atomic mass is 9.92. The van der Waals surface area contributed by atoms with E-state index in [9.17, 15) is 0 Å². The maximum Gasteiger partial charge on any atom is 0.209 e. The second kappa shape index (κ2) is 7.11. The Labute approximate surface area is 146 Å². The van der Waals surface area contributed by atoms with E-state index in [1.54, 1.807) is 13.3 Å². The maximum atomic E-state index is 5.94. The molecule has 0 atom stereocenters. The minimum absolute atomic E-state index is 0.606. The van der Waals surface area contributed by atoms with Crippen molar-refractivity contribution in [1.29, 1.82) is 0 Å². The highest BCUT2D eigenvalue weighted by atomic mass is 16.5. The molecule has 6 heteroatoms. The van der Waals surface area contributed by atoms with Crippen molar-refractivity contribution in [2.75, 3.05) is 20.2 Å². The molecule has 1 aromatic carbocycles. The molecule has 25 heavy (non-hydrogen) atoms. The highest BCUT2D eigenvalue weighted by Gasteiger charge is 2.22. The SMILES string of the molecule is COc1ccc(-c2cnc(CN3CCC(c4cn[nH]c4)CC3)o2)cc1. The van der Waals surface area contributed by atoms with Crippen molar-refractivity contribution in [1.82, 2.24) is 20.1 Å². The molecule has 0 aliphatic carbocycles. The first-order valence-corrected chi connectivity index (χ1v) is 8.62. The number of ether oxygens (including phenoxy) is 1. The fourth-order valence-corrected chi connectivity index (χ4v) is 3.37. The third-order valence-electron chi connectivity index (χ3n) is 4.87. The second-order valence-corrected chi connectivity index (χ2v) is 6.43. The zero-order valence-electron chi connectivity index (χ0n) is 14.3. The summed E-state index contributed by atoms with van der Waals surface area (Å²) in [5, 5.41) is 6.96. The molecule has 0 bridgehead atoms. The first kappa shape index (κ1) is 15.9. The Kier molecular flexibility index (Phi) is 4.52. The summed E-state index contributed by atoms with van der Waals surface area (Å²) < 4.78 is 11.1. The number of piperidine rings is 1. The van der Waals surface area contributed by atoms with Crippen LogP contribution in [-0.2, 0) is 6.54 Å². The molecular weight excluding hydrogens is 316 g/mol. The minimum Gasteiger partial charge on any atom is -0.497 e. The number of methoxy groups -OCH3 is 1. The first-order chi connectivity index (χ1) is 12.3. The van der Waals surface area contributed by atoms with Gasteiger partial charge in [-0.1, -0.05) is 0 Å². The van der Waals surface area contributed by atoms with Crippen LogP contribution >= 0.6 is 0 Å². The maximum absolute atomic E-state index is 5.94. The predicted octanol–water partition coefficient (Wildman–Crippen LogP) is 3.45. The molecule has 0 unspecified atom stereocenters. The Morgan fingerprint density at radius 2 is 2.00 bits per heavy atom. The van der Waals surface area contributed by atoms with Crippen molar-refractivity contribution < 1.29 is 9.15 Å². The monoisotopic (exact) mass is 338 g/mol. The molecule has 1 aliphatic heterocycles. The molecule has 3 aromatic rings. The van der Waals surface area contributed by atoms with Crippen LogP contribution < -0.4 is 4.74 Å². The fourth-order valence-electron chi connectivity index (χ4n) is 3.37. The van der Waals surface area contributed by atoms with Crippen LogP contribution in [0.4, 0.5) is 0 Å². The molecule has 2 aromatic heterocycles. The smallest absolute Gasteiger partial charge is 0.209 e. The summed E-state index contributed by atoms with van der Waals surface area (Å²) >= 11 is 0. The normalized spacial score (nSPS) is 16.2. The van der Waals surface area contributed by atoms with E-state index in [1.807, 2.05) is 36.7 Å². The standard InChI is InChI=1S/C19H22N4O2/c1-24-17-4-2-15(3-5-17)18-12-20-19(25-18)13-23-8-6-14(7-9-23)16-10-21-22-11-16/h2-5,10-12,14H,6-9,13H2,1H3,(H,21,22). The van der Waals surface area contributed by atoms with Crippen molar-refractivity contribution in [2.24, 2.45) is 0 Å². The number of hydrogen-bond donors (Lipinski definition) is 1. The highest BCUT2D eigenvalue weighted by molar-refractivity contribution is 5.57. The van der Waals surface area contributed by atoms with Gasteiger partial charge >= 0.3 is 0 Å². The molecule has 1 aliphatic rings. The zero-order valence-corrected chi connectivity index (χ0v) is 14.3. The largest absolute Gasteiger partial charge is 0.497 e. The lowest BCUT2D eigenvalue weighted by Crippen LogP contribution is -2.32. The Hall–Kier alpha value is -2.60. The molecule has 3 heterocycles. The first-order valence-electron chi connectivity index (χ1n) is 8.62. The van der Waals surface area contributed by atoms with Gasteiger partial charge in [0.05, 0.1) is 26.0 Å². The van der Waals surface area contributed by atoms with Gasteiger partial charge in [0.2, 0.25) is 5.89 Å². The summed E-state index contributed by atoms with van der Waals surface area (Å²) in [4.78, 5) is 6.85. The Morgan fingerprint density at radius 1 is 1.20 bits per heavy atom. The summed E-state index contributed by atoms with van der Waals surface area (Å²) in [6.07, 6.45) is 8.04. The van der Waals surface area contributed by atoms with E-state index in [0.717, 1.165) is 55.4 Å².